The quantitative estimate of drug-likeness (QED) is 0.0708. The number of pyridine rings is 4. The molecule has 21 aromatic rings. The second kappa shape index (κ2) is 36.5. The van der Waals surface area contributed by atoms with Gasteiger partial charge in [0.15, 0.2) is 5.82 Å². The van der Waals surface area contributed by atoms with Crippen LogP contribution in [0.3, 0.4) is 0 Å². The van der Waals surface area contributed by atoms with Crippen molar-refractivity contribution in [3.63, 3.8) is 0 Å². The monoisotopic (exact) mass is 1740 g/mol. The SMILES string of the molecule is [2H]C([2H])([2H])c1cc(-c2ccc(-c3ccccc3-c3cc(-c4ccccc4-c4ccc(-c5cc(C([2H])([2H])[2H])c(-c6ccc(F)cc6)cn5)cc4)cc(-c4cccc(-c5cc(-c6ccccc6-c6ccc(-c7cc(C([2H])([2H])[2H])c(-c8ccc(F)cc8)cn7)cc6)cc(-c6ccccc6-c6ccc(-c7cc(C([2H])([2H])[2H])c(-c8ccc(F)cc8)cn7)cc6)c5)c4-c4ccc(-c5ncccn5)cc4)c3)cc2)ncc1-c1ccc(F)cc1. The van der Waals surface area contributed by atoms with E-state index in [-0.39, 0.29) is 22.3 Å². The van der Waals surface area contributed by atoms with Gasteiger partial charge in [0.25, 0.3) is 0 Å². The molecule has 6 nitrogen and oxygen atoms in total. The molecule has 0 amide bonds. The van der Waals surface area contributed by atoms with Gasteiger partial charge in [-0.3, -0.25) is 19.9 Å². The van der Waals surface area contributed by atoms with Crippen molar-refractivity contribution < 1.29 is 34.0 Å². The first-order valence-corrected chi connectivity index (χ1v) is 43.7. The van der Waals surface area contributed by atoms with Crippen molar-refractivity contribution in [2.45, 2.75) is 27.4 Å². The Morgan fingerprint density at radius 3 is 0.604 bits per heavy atom. The zero-order chi connectivity index (χ0) is 101. The number of rotatable bonds is 20. The molecule has 134 heavy (non-hydrogen) atoms. The van der Waals surface area contributed by atoms with Crippen molar-refractivity contribution in [2.24, 2.45) is 0 Å². The number of nitrogens with zero attached hydrogens (tertiary/aromatic N) is 6. The summed E-state index contributed by atoms with van der Waals surface area (Å²) < 4.78 is 161. The molecule has 0 radical (unpaired) electrons. The van der Waals surface area contributed by atoms with Gasteiger partial charge in [0.1, 0.15) is 23.3 Å². The summed E-state index contributed by atoms with van der Waals surface area (Å²) in [7, 11) is 0. The largest absolute Gasteiger partial charge is 0.256 e. The summed E-state index contributed by atoms with van der Waals surface area (Å²) >= 11 is 0. The van der Waals surface area contributed by atoms with Crippen LogP contribution >= 0.6 is 0 Å². The fourth-order valence-electron chi connectivity index (χ4n) is 17.9. The second-order valence-corrected chi connectivity index (χ2v) is 33.0. The molecular formula is C124H84F4N6. The Morgan fingerprint density at radius 2 is 0.358 bits per heavy atom. The van der Waals surface area contributed by atoms with Gasteiger partial charge in [0.05, 0.1) is 22.8 Å². The lowest BCUT2D eigenvalue weighted by Gasteiger charge is -2.21. The number of benzene rings is 16. The Kier molecular flexibility index (Phi) is 19.3. The molecule has 0 saturated heterocycles. The van der Waals surface area contributed by atoms with Crippen LogP contribution in [-0.4, -0.2) is 29.9 Å². The van der Waals surface area contributed by atoms with Gasteiger partial charge < -0.3 is 0 Å². The number of halogens is 4. The molecular weight excluding hydrogens is 1650 g/mol. The maximum Gasteiger partial charge on any atom is 0.159 e. The highest BCUT2D eigenvalue weighted by atomic mass is 19.1. The Balaban J connectivity index is 0.748. The molecule has 10 heteroatoms. The highest BCUT2D eigenvalue weighted by Gasteiger charge is 2.24. The minimum Gasteiger partial charge on any atom is -0.256 e. The summed E-state index contributed by atoms with van der Waals surface area (Å²) in [5.74, 6) is -1.27. The molecule has 5 aromatic heterocycles. The van der Waals surface area contributed by atoms with Gasteiger partial charge in [-0.1, -0.05) is 285 Å². The second-order valence-electron chi connectivity index (χ2n) is 33.0. The van der Waals surface area contributed by atoms with Crippen LogP contribution in [0.25, 0.3) is 223 Å². The lowest BCUT2D eigenvalue weighted by Crippen LogP contribution is -1.95. The van der Waals surface area contributed by atoms with Crippen molar-refractivity contribution >= 4 is 0 Å². The Labute approximate surface area is 793 Å². The minimum absolute atomic E-state index is 0.0716. The van der Waals surface area contributed by atoms with E-state index < -0.39 is 50.7 Å². The third kappa shape index (κ3) is 17.1. The summed E-state index contributed by atoms with van der Waals surface area (Å²) in [6.07, 6.45) is 9.55. The van der Waals surface area contributed by atoms with Gasteiger partial charge in [-0.15, -0.1) is 0 Å². The number of aromatic nitrogens is 6. The van der Waals surface area contributed by atoms with Crippen LogP contribution in [0.1, 0.15) is 38.7 Å². The number of hydrogen-bond donors (Lipinski definition) is 0. The topological polar surface area (TPSA) is 77.3 Å². The molecule has 638 valence electrons. The van der Waals surface area contributed by atoms with E-state index in [2.05, 4.69) is 115 Å². The molecule has 0 aliphatic rings. The number of aryl methyl sites for hydroxylation is 4. The Morgan fingerprint density at radius 1 is 0.164 bits per heavy atom. The molecule has 0 N–H and O–H groups in total. The maximum absolute atomic E-state index is 14.3. The van der Waals surface area contributed by atoms with Crippen molar-refractivity contribution in [1.82, 2.24) is 29.9 Å². The Hall–Kier alpha value is -17.1. The normalized spacial score (nSPS) is 13.0. The summed E-state index contributed by atoms with van der Waals surface area (Å²) in [6.45, 7) is -10.2. The first-order chi connectivity index (χ1) is 70.5. The fourth-order valence-corrected chi connectivity index (χ4v) is 17.9. The summed E-state index contributed by atoms with van der Waals surface area (Å²) in [5.41, 5.74) is 27.9. The van der Waals surface area contributed by atoms with E-state index in [1.807, 2.05) is 158 Å². The van der Waals surface area contributed by atoms with E-state index in [1.165, 1.54) is 73.3 Å². The van der Waals surface area contributed by atoms with Crippen LogP contribution < -0.4 is 0 Å². The van der Waals surface area contributed by atoms with Gasteiger partial charge in [0.2, 0.25) is 0 Å². The van der Waals surface area contributed by atoms with E-state index in [0.29, 0.717) is 95.4 Å². The van der Waals surface area contributed by atoms with Crippen LogP contribution in [0.15, 0.2) is 438 Å². The zero-order valence-electron chi connectivity index (χ0n) is 83.8. The van der Waals surface area contributed by atoms with Crippen molar-refractivity contribution in [3.05, 3.63) is 483 Å². The van der Waals surface area contributed by atoms with E-state index in [1.54, 1.807) is 91.3 Å². The average molecular weight is 1750 g/mol. The summed E-state index contributed by atoms with van der Waals surface area (Å²) in [6, 6.07) is 123. The molecule has 0 bridgehead atoms. The van der Waals surface area contributed by atoms with E-state index >= 15 is 0 Å². The molecule has 0 atom stereocenters. The van der Waals surface area contributed by atoms with Crippen LogP contribution in [0, 0.1) is 50.7 Å². The third-order valence-electron chi connectivity index (χ3n) is 24.7. The lowest BCUT2D eigenvalue weighted by molar-refractivity contribution is 0.627. The van der Waals surface area contributed by atoms with Gasteiger partial charge in [0, 0.05) is 104 Å². The van der Waals surface area contributed by atoms with E-state index in [4.69, 9.17) is 46.4 Å². The molecule has 0 aliphatic heterocycles. The highest BCUT2D eigenvalue weighted by Crippen LogP contribution is 2.50. The number of hydrogen-bond acceptors (Lipinski definition) is 6. The predicted molar refractivity (Wildman–Crippen MR) is 541 cm³/mol. The van der Waals surface area contributed by atoms with Crippen LogP contribution in [0.5, 0.6) is 0 Å². The predicted octanol–water partition coefficient (Wildman–Crippen LogP) is 33.2. The van der Waals surface area contributed by atoms with Gasteiger partial charge in [-0.2, -0.15) is 0 Å². The van der Waals surface area contributed by atoms with Crippen LogP contribution in [-0.2, 0) is 0 Å². The molecule has 0 unspecified atom stereocenters. The Bertz CT molecular complexity index is 7630. The first kappa shape index (κ1) is 70.8. The van der Waals surface area contributed by atoms with Gasteiger partial charge >= 0.3 is 0 Å². The van der Waals surface area contributed by atoms with E-state index in [9.17, 15) is 17.6 Å². The van der Waals surface area contributed by atoms with Crippen molar-refractivity contribution in [1.29, 1.82) is 0 Å². The van der Waals surface area contributed by atoms with Crippen molar-refractivity contribution in [3.8, 4) is 223 Å². The highest BCUT2D eigenvalue weighted by molar-refractivity contribution is 6.02. The van der Waals surface area contributed by atoms with Crippen LogP contribution in [0.2, 0.25) is 0 Å². The summed E-state index contributed by atoms with van der Waals surface area (Å²) in [4.78, 5) is 28.6. The summed E-state index contributed by atoms with van der Waals surface area (Å²) in [5, 5.41) is 0. The van der Waals surface area contributed by atoms with Gasteiger partial charge in [-0.25, -0.2) is 27.5 Å². The first-order valence-electron chi connectivity index (χ1n) is 49.7. The van der Waals surface area contributed by atoms with E-state index in [0.717, 1.165) is 128 Å². The standard InChI is InChI=1S/C124H84F4N6/c1-77-63-119(131-73-115(77)85-45-53-101(125)54-46-85)89-33-25-81(26-34-89)105-15-5-9-19-109(105)95-67-96(110-20-10-6-16-106(110)82-27-35-90(36-28-82)120-64-78(2)116(74-132-120)86-47-55-102(126)56-48-86)70-99(69-95)113-23-13-24-114(123(113)93-41-43-94(44-42-93)124-129-61-14-62-130-124)100-71-97(111-21-11-7-17-107(111)83-29-37-91(38-30-83)121-65-79(3)117(75-133-121)87-49-57-103(127)58-50-87)68-98(72-100)112-22-12-8-18-108(112)84-31-39-92(40-32-84)122-66-80(4)118(76-134-122)88-51-59-104(128)60-52-88/h5-76H,1-4H3/i1D3,2D3,3D3,4D3. The molecule has 0 saturated carbocycles. The molecule has 5 heterocycles. The fraction of sp³-hybridized carbons (Fsp3) is 0.0323. The third-order valence-corrected chi connectivity index (χ3v) is 24.7. The zero-order valence-corrected chi connectivity index (χ0v) is 71.8. The lowest BCUT2D eigenvalue weighted by atomic mass is 9.82. The molecule has 0 aliphatic carbocycles. The minimum atomic E-state index is -2.54. The van der Waals surface area contributed by atoms with Crippen molar-refractivity contribution in [2.75, 3.05) is 0 Å². The van der Waals surface area contributed by atoms with Gasteiger partial charge in [-0.05, 0) is 310 Å². The molecule has 16 aromatic carbocycles. The average Bonchev–Trinajstić information content (AvgIpc) is 0.745. The van der Waals surface area contributed by atoms with Crippen LogP contribution in [0.4, 0.5) is 17.6 Å². The molecule has 0 spiro atoms. The smallest absolute Gasteiger partial charge is 0.159 e. The molecule has 21 rings (SSSR count). The molecule has 0 fully saturated rings. The maximum atomic E-state index is 14.3.